The Balaban J connectivity index is 0. The van der Waals surface area contributed by atoms with Crippen LogP contribution in [-0.2, 0) is 24.3 Å². The molecule has 0 amide bonds. The van der Waals surface area contributed by atoms with Crippen molar-refractivity contribution < 1.29 is 29.4 Å². The van der Waals surface area contributed by atoms with Crippen LogP contribution in [0.2, 0.25) is 0 Å². The van der Waals surface area contributed by atoms with Crippen LogP contribution in [-0.4, -0.2) is 11.1 Å². The Hall–Kier alpha value is 0.0934. The van der Waals surface area contributed by atoms with Gasteiger partial charge in [-0.3, -0.25) is 4.79 Å². The van der Waals surface area contributed by atoms with E-state index in [0.717, 1.165) is 12.8 Å². The number of carboxylic acid groups (broad SMARTS) is 1. The minimum absolute atomic E-state index is 0. The molecule has 3 heteroatoms. The molecule has 0 aliphatic heterocycles. The Kier molecular flexibility index (Phi) is 8.18. The van der Waals surface area contributed by atoms with Gasteiger partial charge < -0.3 is 5.11 Å². The fraction of sp³-hybridized carbons (Fsp3) is 0.833. The van der Waals surface area contributed by atoms with Gasteiger partial charge in [-0.05, 0) is 6.42 Å². The molecule has 0 heterocycles. The van der Waals surface area contributed by atoms with Crippen molar-refractivity contribution in [3.05, 3.63) is 0 Å². The van der Waals surface area contributed by atoms with Crippen LogP contribution >= 0.6 is 0 Å². The predicted octanol–water partition coefficient (Wildman–Crippen LogP) is 1.50. The van der Waals surface area contributed by atoms with Gasteiger partial charge in [0.15, 0.2) is 0 Å². The average molecular weight is 182 g/mol. The number of hydrogen-bond acceptors (Lipinski definition) is 1. The second-order valence-electron chi connectivity index (χ2n) is 2.03. The third kappa shape index (κ3) is 5.97. The molecule has 0 saturated carbocycles. The van der Waals surface area contributed by atoms with Gasteiger partial charge in [0.1, 0.15) is 0 Å². The molecule has 0 fully saturated rings. The maximum absolute atomic E-state index is 10.1. The van der Waals surface area contributed by atoms with Gasteiger partial charge in [0.2, 0.25) is 0 Å². The summed E-state index contributed by atoms with van der Waals surface area (Å²) in [7, 11) is 0. The molecule has 0 saturated heterocycles. The van der Waals surface area contributed by atoms with E-state index in [4.69, 9.17) is 5.11 Å². The fourth-order valence-electron chi connectivity index (χ4n) is 0.556. The van der Waals surface area contributed by atoms with Crippen molar-refractivity contribution in [3.63, 3.8) is 0 Å². The molecule has 1 unspecified atom stereocenters. The van der Waals surface area contributed by atoms with E-state index in [2.05, 4.69) is 0 Å². The molecule has 50 valence electrons. The average Bonchev–Trinajstić information content (AvgIpc) is 1.67. The van der Waals surface area contributed by atoms with Crippen molar-refractivity contribution in [2.45, 2.75) is 26.7 Å². The molecule has 0 aromatic heterocycles. The monoisotopic (exact) mass is 180 g/mol. The van der Waals surface area contributed by atoms with E-state index in [1.165, 1.54) is 0 Å². The first-order valence-corrected chi connectivity index (χ1v) is 2.91. The molecular weight excluding hydrogens is 169 g/mol. The second-order valence-corrected chi connectivity index (χ2v) is 2.03. The van der Waals surface area contributed by atoms with Crippen LogP contribution in [0.25, 0.3) is 0 Å². The van der Waals surface area contributed by atoms with Crippen LogP contribution in [0.15, 0.2) is 0 Å². The summed E-state index contributed by atoms with van der Waals surface area (Å²) in [6.45, 7) is 3.71. The van der Waals surface area contributed by atoms with Crippen LogP contribution in [0.3, 0.4) is 0 Å². The van der Waals surface area contributed by atoms with Gasteiger partial charge in [-0.2, -0.15) is 0 Å². The third-order valence-corrected chi connectivity index (χ3v) is 1.14. The molecule has 0 radical (unpaired) electrons. The summed E-state index contributed by atoms with van der Waals surface area (Å²) in [5.74, 6) is -0.855. The van der Waals surface area contributed by atoms with Crippen molar-refractivity contribution in [1.29, 1.82) is 0 Å². The number of aliphatic carboxylic acids is 1. The molecule has 0 bridgehead atoms. The van der Waals surface area contributed by atoms with E-state index >= 15 is 0 Å². The van der Waals surface area contributed by atoms with Crippen molar-refractivity contribution in [1.82, 2.24) is 0 Å². The van der Waals surface area contributed by atoms with Gasteiger partial charge in [-0.1, -0.05) is 20.3 Å². The normalized spacial score (nSPS) is 11.8. The molecule has 0 aliphatic rings. The van der Waals surface area contributed by atoms with Crippen LogP contribution < -0.4 is 0 Å². The fourth-order valence-corrected chi connectivity index (χ4v) is 0.556. The van der Waals surface area contributed by atoms with Crippen molar-refractivity contribution in [2.24, 2.45) is 5.92 Å². The zero-order valence-electron chi connectivity index (χ0n) is 6.05. The maximum atomic E-state index is 10.1. The maximum Gasteiger partial charge on any atom is 0.306 e. The summed E-state index contributed by atoms with van der Waals surface area (Å²) in [6, 6.07) is 0. The third-order valence-electron chi connectivity index (χ3n) is 1.14. The molecule has 0 spiro atoms. The Morgan fingerprint density at radius 2 is 2.11 bits per heavy atom. The van der Waals surface area contributed by atoms with E-state index < -0.39 is 5.97 Å². The van der Waals surface area contributed by atoms with Crippen molar-refractivity contribution in [3.8, 4) is 0 Å². The Labute approximate surface area is 68.4 Å². The minimum Gasteiger partial charge on any atom is -0.481 e. The van der Waals surface area contributed by atoms with E-state index in [1.807, 2.05) is 6.92 Å². The quantitative estimate of drug-likeness (QED) is 0.670. The second kappa shape index (κ2) is 6.22. The van der Waals surface area contributed by atoms with Crippen LogP contribution in [0.4, 0.5) is 0 Å². The zero-order chi connectivity index (χ0) is 6.57. The minimum atomic E-state index is -0.688. The van der Waals surface area contributed by atoms with Crippen LogP contribution in [0, 0.1) is 5.92 Å². The van der Waals surface area contributed by atoms with Crippen molar-refractivity contribution in [2.75, 3.05) is 0 Å². The number of carbonyl (C=O) groups is 1. The van der Waals surface area contributed by atoms with Gasteiger partial charge >= 0.3 is 5.97 Å². The van der Waals surface area contributed by atoms with Gasteiger partial charge in [0.25, 0.3) is 0 Å². The van der Waals surface area contributed by atoms with Crippen LogP contribution in [0.1, 0.15) is 26.7 Å². The van der Waals surface area contributed by atoms with Gasteiger partial charge in [-0.25, -0.2) is 0 Å². The molecule has 1 atom stereocenters. The number of rotatable bonds is 3. The molecule has 1 N–H and O–H groups in total. The summed E-state index contributed by atoms with van der Waals surface area (Å²) < 4.78 is 0. The molecule has 2 nitrogen and oxygen atoms in total. The van der Waals surface area contributed by atoms with E-state index in [9.17, 15) is 4.79 Å². The molecule has 0 rings (SSSR count). The summed E-state index contributed by atoms with van der Waals surface area (Å²) in [5.41, 5.74) is 0. The van der Waals surface area contributed by atoms with E-state index in [1.54, 1.807) is 6.92 Å². The van der Waals surface area contributed by atoms with E-state index in [-0.39, 0.29) is 25.4 Å². The summed E-state index contributed by atoms with van der Waals surface area (Å²) in [5, 5.41) is 8.31. The predicted molar refractivity (Wildman–Crippen MR) is 31.7 cm³/mol. The Bertz CT molecular complexity index is 83.1. The molecule has 0 aromatic carbocycles. The van der Waals surface area contributed by atoms with Gasteiger partial charge in [0.05, 0.1) is 5.92 Å². The zero-order valence-corrected chi connectivity index (χ0v) is 9.02. The van der Waals surface area contributed by atoms with Gasteiger partial charge in [-0.15, -0.1) is 0 Å². The summed E-state index contributed by atoms with van der Waals surface area (Å²) in [6.07, 6.45) is 1.74. The SMILES string of the molecule is CCCC(C)C(=O)O.[Zn]. The first-order chi connectivity index (χ1) is 3.68. The smallest absolute Gasteiger partial charge is 0.306 e. The molecule has 0 aliphatic carbocycles. The van der Waals surface area contributed by atoms with E-state index in [0.29, 0.717) is 0 Å². The molecule has 9 heavy (non-hydrogen) atoms. The van der Waals surface area contributed by atoms with Crippen molar-refractivity contribution >= 4 is 5.97 Å². The molecule has 0 aromatic rings. The summed E-state index contributed by atoms with van der Waals surface area (Å²) in [4.78, 5) is 10.1. The summed E-state index contributed by atoms with van der Waals surface area (Å²) >= 11 is 0. The topological polar surface area (TPSA) is 37.3 Å². The Morgan fingerprint density at radius 1 is 1.67 bits per heavy atom. The number of carboxylic acids is 1. The molecular formula is C6H12O2Zn. The largest absolute Gasteiger partial charge is 0.481 e. The first-order valence-electron chi connectivity index (χ1n) is 2.91. The number of hydrogen-bond donors (Lipinski definition) is 1. The first kappa shape index (κ1) is 11.8. The Morgan fingerprint density at radius 3 is 2.22 bits per heavy atom. The van der Waals surface area contributed by atoms with Crippen LogP contribution in [0.5, 0.6) is 0 Å². The van der Waals surface area contributed by atoms with Gasteiger partial charge in [0, 0.05) is 19.5 Å². The standard InChI is InChI=1S/C6H12O2.Zn/c1-3-4-5(2)6(7)8;/h5H,3-4H2,1-2H3,(H,7,8);.